The van der Waals surface area contributed by atoms with Crippen LogP contribution in [0, 0.1) is 0 Å². The first-order chi connectivity index (χ1) is 13.7. The van der Waals surface area contributed by atoms with Gasteiger partial charge in [-0.05, 0) is 44.4 Å². The van der Waals surface area contributed by atoms with Crippen LogP contribution in [0.3, 0.4) is 0 Å². The SMILES string of the molecule is CSc1cccc(-c2nc(Nc3ccnc(C(F)(F)F)c3)cc(NC(C)C)n2)c1. The predicted molar refractivity (Wildman–Crippen MR) is 111 cm³/mol. The van der Waals surface area contributed by atoms with Crippen molar-refractivity contribution in [2.75, 3.05) is 16.9 Å². The van der Waals surface area contributed by atoms with Crippen molar-refractivity contribution < 1.29 is 13.2 Å². The lowest BCUT2D eigenvalue weighted by molar-refractivity contribution is -0.141. The van der Waals surface area contributed by atoms with E-state index in [0.717, 1.165) is 22.7 Å². The Bertz CT molecular complexity index is 992. The maximum Gasteiger partial charge on any atom is 0.433 e. The fourth-order valence-electron chi connectivity index (χ4n) is 2.58. The average molecular weight is 419 g/mol. The molecule has 0 atom stereocenters. The maximum atomic E-state index is 12.9. The highest BCUT2D eigenvalue weighted by molar-refractivity contribution is 7.98. The molecule has 9 heteroatoms. The summed E-state index contributed by atoms with van der Waals surface area (Å²) >= 11 is 1.60. The van der Waals surface area contributed by atoms with E-state index in [4.69, 9.17) is 0 Å². The van der Waals surface area contributed by atoms with Crippen molar-refractivity contribution in [3.63, 3.8) is 0 Å². The number of anilines is 3. The highest BCUT2D eigenvalue weighted by Crippen LogP contribution is 2.30. The van der Waals surface area contributed by atoms with Crippen molar-refractivity contribution in [1.29, 1.82) is 0 Å². The van der Waals surface area contributed by atoms with Crippen molar-refractivity contribution in [3.05, 3.63) is 54.4 Å². The van der Waals surface area contributed by atoms with Gasteiger partial charge in [0.15, 0.2) is 5.82 Å². The Balaban J connectivity index is 1.99. The summed E-state index contributed by atoms with van der Waals surface area (Å²) in [4.78, 5) is 13.5. The molecule has 152 valence electrons. The Kier molecular flexibility index (Phi) is 6.26. The summed E-state index contributed by atoms with van der Waals surface area (Å²) in [6, 6.07) is 12.0. The lowest BCUT2D eigenvalue weighted by atomic mass is 10.2. The maximum absolute atomic E-state index is 12.9. The van der Waals surface area contributed by atoms with Crippen molar-refractivity contribution >= 4 is 29.1 Å². The summed E-state index contributed by atoms with van der Waals surface area (Å²) in [7, 11) is 0. The quantitative estimate of drug-likeness (QED) is 0.489. The fourth-order valence-corrected chi connectivity index (χ4v) is 3.04. The summed E-state index contributed by atoms with van der Waals surface area (Å²) in [5.74, 6) is 1.43. The Labute approximate surface area is 171 Å². The zero-order valence-electron chi connectivity index (χ0n) is 16.1. The molecule has 0 bridgehead atoms. The largest absolute Gasteiger partial charge is 0.433 e. The van der Waals surface area contributed by atoms with Gasteiger partial charge < -0.3 is 10.6 Å². The van der Waals surface area contributed by atoms with E-state index < -0.39 is 11.9 Å². The van der Waals surface area contributed by atoms with E-state index in [0.29, 0.717) is 17.5 Å². The first-order valence-electron chi connectivity index (χ1n) is 8.85. The monoisotopic (exact) mass is 419 g/mol. The second-order valence-electron chi connectivity index (χ2n) is 6.55. The minimum Gasteiger partial charge on any atom is -0.368 e. The standard InChI is InChI=1S/C20H20F3N5S/c1-12(2)25-17-11-18(26-14-7-8-24-16(10-14)20(21,22)23)28-19(27-17)13-5-4-6-15(9-13)29-3/h4-12H,1-3H3,(H2,24,25,26,27,28). The molecular formula is C20H20F3N5S. The number of alkyl halides is 3. The summed E-state index contributed by atoms with van der Waals surface area (Å²) in [5, 5.41) is 6.15. The van der Waals surface area contributed by atoms with Crippen molar-refractivity contribution in [1.82, 2.24) is 15.0 Å². The number of pyridine rings is 1. The van der Waals surface area contributed by atoms with E-state index in [-0.39, 0.29) is 11.7 Å². The molecule has 0 amide bonds. The van der Waals surface area contributed by atoms with Gasteiger partial charge in [0.25, 0.3) is 0 Å². The van der Waals surface area contributed by atoms with Crippen LogP contribution in [0.1, 0.15) is 19.5 Å². The second-order valence-corrected chi connectivity index (χ2v) is 7.43. The Morgan fingerprint density at radius 2 is 1.76 bits per heavy atom. The highest BCUT2D eigenvalue weighted by atomic mass is 32.2. The number of hydrogen-bond donors (Lipinski definition) is 2. The molecule has 2 heterocycles. The van der Waals surface area contributed by atoms with E-state index in [2.05, 4.69) is 25.6 Å². The molecule has 0 fully saturated rings. The summed E-state index contributed by atoms with van der Waals surface area (Å²) in [5.41, 5.74) is 0.0910. The number of nitrogens with zero attached hydrogens (tertiary/aromatic N) is 3. The Morgan fingerprint density at radius 1 is 1.00 bits per heavy atom. The smallest absolute Gasteiger partial charge is 0.368 e. The molecule has 2 N–H and O–H groups in total. The molecule has 5 nitrogen and oxygen atoms in total. The molecule has 0 aliphatic carbocycles. The predicted octanol–water partition coefficient (Wildman–Crippen LogP) is 5.84. The van der Waals surface area contributed by atoms with Gasteiger partial charge in [0, 0.05) is 34.5 Å². The fraction of sp³-hybridized carbons (Fsp3) is 0.250. The molecule has 0 unspecified atom stereocenters. The second kappa shape index (κ2) is 8.69. The third-order valence-corrected chi connectivity index (χ3v) is 4.54. The van der Waals surface area contributed by atoms with Gasteiger partial charge in [-0.15, -0.1) is 11.8 Å². The number of nitrogens with one attached hydrogen (secondary N) is 2. The summed E-state index contributed by atoms with van der Waals surface area (Å²) in [6.07, 6.45) is -1.43. The number of aromatic nitrogens is 3. The zero-order valence-corrected chi connectivity index (χ0v) is 16.9. The molecular weight excluding hydrogens is 399 g/mol. The van der Waals surface area contributed by atoms with Crippen LogP contribution < -0.4 is 10.6 Å². The molecule has 0 radical (unpaired) electrons. The van der Waals surface area contributed by atoms with Crippen LogP contribution in [-0.4, -0.2) is 27.2 Å². The normalized spacial score (nSPS) is 11.6. The van der Waals surface area contributed by atoms with Crippen LogP contribution in [-0.2, 0) is 6.18 Å². The molecule has 2 aromatic heterocycles. The molecule has 3 rings (SSSR count). The average Bonchev–Trinajstić information content (AvgIpc) is 2.67. The van der Waals surface area contributed by atoms with Crippen LogP contribution in [0.4, 0.5) is 30.5 Å². The number of thioether (sulfide) groups is 1. The van der Waals surface area contributed by atoms with Gasteiger partial charge in [0.1, 0.15) is 17.3 Å². The van der Waals surface area contributed by atoms with E-state index in [1.165, 1.54) is 6.07 Å². The van der Waals surface area contributed by atoms with Crippen LogP contribution in [0.15, 0.2) is 53.6 Å². The molecule has 0 aliphatic rings. The van der Waals surface area contributed by atoms with Crippen LogP contribution >= 0.6 is 11.8 Å². The minimum atomic E-state index is -4.52. The van der Waals surface area contributed by atoms with Gasteiger partial charge >= 0.3 is 6.18 Å². The summed E-state index contributed by atoms with van der Waals surface area (Å²) < 4.78 is 38.8. The molecule has 1 aromatic carbocycles. The molecule has 0 spiro atoms. The molecule has 29 heavy (non-hydrogen) atoms. The minimum absolute atomic E-state index is 0.126. The first-order valence-corrected chi connectivity index (χ1v) is 10.1. The van der Waals surface area contributed by atoms with Gasteiger partial charge in [-0.25, -0.2) is 9.97 Å². The third-order valence-electron chi connectivity index (χ3n) is 3.81. The third kappa shape index (κ3) is 5.60. The Morgan fingerprint density at radius 3 is 2.45 bits per heavy atom. The number of benzene rings is 1. The van der Waals surface area contributed by atoms with E-state index >= 15 is 0 Å². The van der Waals surface area contributed by atoms with Crippen molar-refractivity contribution in [2.45, 2.75) is 31.0 Å². The first kappa shape index (κ1) is 20.9. The van der Waals surface area contributed by atoms with E-state index in [1.807, 2.05) is 44.4 Å². The lowest BCUT2D eigenvalue weighted by Crippen LogP contribution is -2.12. The molecule has 3 aromatic rings. The number of halogens is 3. The highest BCUT2D eigenvalue weighted by Gasteiger charge is 2.32. The van der Waals surface area contributed by atoms with Crippen molar-refractivity contribution in [2.24, 2.45) is 0 Å². The summed E-state index contributed by atoms with van der Waals surface area (Å²) in [6.45, 7) is 3.95. The van der Waals surface area contributed by atoms with Gasteiger partial charge in [0.05, 0.1) is 0 Å². The number of hydrogen-bond acceptors (Lipinski definition) is 6. The van der Waals surface area contributed by atoms with Gasteiger partial charge in [-0.3, -0.25) is 4.98 Å². The van der Waals surface area contributed by atoms with E-state index in [9.17, 15) is 13.2 Å². The van der Waals surface area contributed by atoms with Gasteiger partial charge in [0.2, 0.25) is 0 Å². The molecule has 0 saturated carbocycles. The molecule has 0 aliphatic heterocycles. The van der Waals surface area contributed by atoms with Crippen molar-refractivity contribution in [3.8, 4) is 11.4 Å². The van der Waals surface area contributed by atoms with E-state index in [1.54, 1.807) is 17.8 Å². The van der Waals surface area contributed by atoms with Gasteiger partial charge in [-0.2, -0.15) is 13.2 Å². The van der Waals surface area contributed by atoms with Gasteiger partial charge in [-0.1, -0.05) is 12.1 Å². The van der Waals surface area contributed by atoms with Crippen LogP contribution in [0.2, 0.25) is 0 Å². The Hall–Kier alpha value is -2.81. The van der Waals surface area contributed by atoms with Crippen LogP contribution in [0.25, 0.3) is 11.4 Å². The molecule has 0 saturated heterocycles. The lowest BCUT2D eigenvalue weighted by Gasteiger charge is -2.14. The number of rotatable bonds is 6. The topological polar surface area (TPSA) is 62.7 Å². The zero-order chi connectivity index (χ0) is 21.0. The van der Waals surface area contributed by atoms with Crippen LogP contribution in [0.5, 0.6) is 0 Å².